The predicted molar refractivity (Wildman–Crippen MR) is 126 cm³/mol. The Balaban J connectivity index is 1.55. The number of benzene rings is 1. The van der Waals surface area contributed by atoms with Gasteiger partial charge in [0.2, 0.25) is 0 Å². The molecule has 1 aliphatic rings. The number of fused-ring (bicyclic) bond motifs is 2. The number of rotatable bonds is 4. The second-order valence-electron chi connectivity index (χ2n) is 8.54. The number of methoxy groups -OCH3 is 1. The van der Waals surface area contributed by atoms with Crippen molar-refractivity contribution in [2.24, 2.45) is 0 Å². The maximum Gasteiger partial charge on any atom is 0.316 e. The molecule has 0 spiro atoms. The standard InChI is InChI=1S/C23H26N8O2/c1-13-7-24-21-18(9-26-31(21)10-13)28-22(32)16-5-6-19(30-11-14(2)27-15(3)12-30)17-8-25-23(33-4)29-20(16)17/h5-10,14-15,27H,11-12H2,1-4H3,(H,28,32)/t14-,15-/m1/s1. The van der Waals surface area contributed by atoms with E-state index in [4.69, 9.17) is 4.74 Å². The Labute approximate surface area is 191 Å². The van der Waals surface area contributed by atoms with Crippen molar-refractivity contribution in [3.63, 3.8) is 0 Å². The maximum atomic E-state index is 13.3. The maximum absolute atomic E-state index is 13.3. The Hall–Kier alpha value is -3.79. The van der Waals surface area contributed by atoms with Crippen molar-refractivity contribution in [3.8, 4) is 6.01 Å². The molecule has 1 aliphatic heterocycles. The molecule has 0 aliphatic carbocycles. The minimum Gasteiger partial charge on any atom is -0.467 e. The highest BCUT2D eigenvalue weighted by molar-refractivity contribution is 6.14. The van der Waals surface area contributed by atoms with E-state index in [0.717, 1.165) is 29.7 Å². The Morgan fingerprint density at radius 1 is 1.15 bits per heavy atom. The van der Waals surface area contributed by atoms with Crippen molar-refractivity contribution in [1.29, 1.82) is 0 Å². The summed E-state index contributed by atoms with van der Waals surface area (Å²) in [7, 11) is 1.51. The van der Waals surface area contributed by atoms with Gasteiger partial charge in [-0.1, -0.05) is 0 Å². The number of amides is 1. The van der Waals surface area contributed by atoms with Gasteiger partial charge < -0.3 is 20.3 Å². The molecule has 0 radical (unpaired) electrons. The molecule has 170 valence electrons. The van der Waals surface area contributed by atoms with Gasteiger partial charge in [0.25, 0.3) is 5.91 Å². The average molecular weight is 447 g/mol. The first-order valence-electron chi connectivity index (χ1n) is 10.9. The largest absolute Gasteiger partial charge is 0.467 e. The van der Waals surface area contributed by atoms with Gasteiger partial charge in [-0.2, -0.15) is 10.1 Å². The minimum atomic E-state index is -0.299. The van der Waals surface area contributed by atoms with Crippen molar-refractivity contribution in [2.75, 3.05) is 30.4 Å². The third kappa shape index (κ3) is 3.93. The molecule has 0 saturated carbocycles. The van der Waals surface area contributed by atoms with Gasteiger partial charge in [0.1, 0.15) is 5.69 Å². The lowest BCUT2D eigenvalue weighted by Crippen LogP contribution is -2.54. The van der Waals surface area contributed by atoms with Crippen LogP contribution in [0.4, 0.5) is 11.4 Å². The summed E-state index contributed by atoms with van der Waals surface area (Å²) >= 11 is 0. The second kappa shape index (κ2) is 8.28. The van der Waals surface area contributed by atoms with Gasteiger partial charge >= 0.3 is 6.01 Å². The van der Waals surface area contributed by atoms with E-state index in [1.165, 1.54) is 7.11 Å². The average Bonchev–Trinajstić information content (AvgIpc) is 3.18. The highest BCUT2D eigenvalue weighted by Gasteiger charge is 2.25. The van der Waals surface area contributed by atoms with E-state index >= 15 is 0 Å². The van der Waals surface area contributed by atoms with E-state index in [9.17, 15) is 4.79 Å². The molecule has 2 atom stereocenters. The summed E-state index contributed by atoms with van der Waals surface area (Å²) in [5, 5.41) is 11.6. The highest BCUT2D eigenvalue weighted by Crippen LogP contribution is 2.31. The molecule has 0 unspecified atom stereocenters. The number of anilines is 2. The zero-order valence-electron chi connectivity index (χ0n) is 19.0. The minimum absolute atomic E-state index is 0.212. The van der Waals surface area contributed by atoms with Crippen LogP contribution in [0.15, 0.2) is 36.9 Å². The van der Waals surface area contributed by atoms with Gasteiger partial charge in [-0.15, -0.1) is 0 Å². The van der Waals surface area contributed by atoms with Crippen LogP contribution < -0.4 is 20.3 Å². The molecule has 1 fully saturated rings. The SMILES string of the molecule is COc1ncc2c(N3C[C@@H](C)N[C@H](C)C3)ccc(C(=O)Nc3cnn4cc(C)cnc34)c2n1. The van der Waals surface area contributed by atoms with Crippen LogP contribution in [0.3, 0.4) is 0 Å². The van der Waals surface area contributed by atoms with Gasteiger partial charge in [0, 0.05) is 54.8 Å². The second-order valence-corrected chi connectivity index (χ2v) is 8.54. The number of carbonyl (C=O) groups excluding carboxylic acids is 1. The zero-order chi connectivity index (χ0) is 23.1. The van der Waals surface area contributed by atoms with Crippen LogP contribution in [0.5, 0.6) is 6.01 Å². The number of nitrogens with zero attached hydrogens (tertiary/aromatic N) is 6. The summed E-state index contributed by atoms with van der Waals surface area (Å²) in [5.74, 6) is -0.299. The van der Waals surface area contributed by atoms with Crippen molar-refractivity contribution >= 4 is 33.8 Å². The van der Waals surface area contributed by atoms with Crippen LogP contribution in [0, 0.1) is 6.92 Å². The summed E-state index contributed by atoms with van der Waals surface area (Å²) in [6, 6.07) is 4.68. The third-order valence-corrected chi connectivity index (χ3v) is 5.76. The number of piperazine rings is 1. The Morgan fingerprint density at radius 2 is 1.94 bits per heavy atom. The van der Waals surface area contributed by atoms with Crippen LogP contribution in [0.2, 0.25) is 0 Å². The first kappa shape index (κ1) is 21.1. The summed E-state index contributed by atoms with van der Waals surface area (Å²) < 4.78 is 6.89. The van der Waals surface area contributed by atoms with Gasteiger partial charge in [0.05, 0.1) is 24.4 Å². The van der Waals surface area contributed by atoms with Crippen LogP contribution in [-0.4, -0.2) is 62.8 Å². The first-order valence-corrected chi connectivity index (χ1v) is 10.9. The summed E-state index contributed by atoms with van der Waals surface area (Å²) in [5.41, 5.74) is 4.05. The molecule has 2 N–H and O–H groups in total. The summed E-state index contributed by atoms with van der Waals surface area (Å²) in [6.45, 7) is 7.97. The van der Waals surface area contributed by atoms with Gasteiger partial charge in [-0.25, -0.2) is 14.5 Å². The van der Waals surface area contributed by atoms with E-state index in [1.54, 1.807) is 29.2 Å². The number of ether oxygens (including phenoxy) is 1. The van der Waals surface area contributed by atoms with Crippen molar-refractivity contribution in [2.45, 2.75) is 32.9 Å². The lowest BCUT2D eigenvalue weighted by atomic mass is 10.0. The molecule has 10 heteroatoms. The topological polar surface area (TPSA) is 110 Å². The fraction of sp³-hybridized carbons (Fsp3) is 0.348. The van der Waals surface area contributed by atoms with E-state index in [0.29, 0.717) is 34.5 Å². The summed E-state index contributed by atoms with van der Waals surface area (Å²) in [6.07, 6.45) is 6.92. The van der Waals surface area contributed by atoms with Gasteiger partial charge in [-0.3, -0.25) is 4.79 Å². The predicted octanol–water partition coefficient (Wildman–Crippen LogP) is 2.43. The number of carbonyl (C=O) groups is 1. The monoisotopic (exact) mass is 446 g/mol. The van der Waals surface area contributed by atoms with Gasteiger partial charge in [-0.05, 0) is 38.5 Å². The van der Waals surface area contributed by atoms with E-state index < -0.39 is 0 Å². The highest BCUT2D eigenvalue weighted by atomic mass is 16.5. The van der Waals surface area contributed by atoms with Crippen LogP contribution in [0.25, 0.3) is 16.6 Å². The third-order valence-electron chi connectivity index (χ3n) is 5.76. The van der Waals surface area contributed by atoms with Crippen LogP contribution in [-0.2, 0) is 0 Å². The molecular weight excluding hydrogens is 420 g/mol. The molecule has 4 heterocycles. The zero-order valence-corrected chi connectivity index (χ0v) is 19.0. The van der Waals surface area contributed by atoms with Crippen molar-refractivity contribution in [1.82, 2.24) is 29.9 Å². The lowest BCUT2D eigenvalue weighted by molar-refractivity contribution is 0.102. The van der Waals surface area contributed by atoms with Crippen molar-refractivity contribution in [3.05, 3.63) is 48.0 Å². The van der Waals surface area contributed by atoms with Crippen molar-refractivity contribution < 1.29 is 9.53 Å². The number of aromatic nitrogens is 5. The smallest absolute Gasteiger partial charge is 0.316 e. The Bertz CT molecular complexity index is 1340. The fourth-order valence-corrected chi connectivity index (χ4v) is 4.42. The molecule has 1 amide bonds. The van der Waals surface area contributed by atoms with E-state index in [2.05, 4.69) is 49.4 Å². The molecule has 0 bridgehead atoms. The van der Waals surface area contributed by atoms with Crippen LogP contribution >= 0.6 is 0 Å². The van der Waals surface area contributed by atoms with E-state index in [1.807, 2.05) is 19.2 Å². The fourth-order valence-electron chi connectivity index (χ4n) is 4.42. The van der Waals surface area contributed by atoms with E-state index in [-0.39, 0.29) is 11.9 Å². The number of aryl methyl sites for hydroxylation is 1. The van der Waals surface area contributed by atoms with Gasteiger partial charge in [0.15, 0.2) is 5.65 Å². The number of nitrogens with one attached hydrogen (secondary N) is 2. The Morgan fingerprint density at radius 3 is 2.70 bits per heavy atom. The van der Waals surface area contributed by atoms with Crippen LogP contribution in [0.1, 0.15) is 29.8 Å². The Kier molecular flexibility index (Phi) is 5.29. The summed E-state index contributed by atoms with van der Waals surface area (Å²) in [4.78, 5) is 28.9. The molecular formula is C23H26N8O2. The molecule has 33 heavy (non-hydrogen) atoms. The molecule has 3 aromatic heterocycles. The molecule has 5 rings (SSSR count). The molecule has 4 aromatic rings. The number of hydrogen-bond donors (Lipinski definition) is 2. The normalized spacial score (nSPS) is 18.6. The molecule has 1 saturated heterocycles. The molecule has 1 aromatic carbocycles. The molecule has 10 nitrogen and oxygen atoms in total. The lowest BCUT2D eigenvalue weighted by Gasteiger charge is -2.38. The first-order chi connectivity index (χ1) is 15.9. The number of hydrogen-bond acceptors (Lipinski definition) is 8. The quantitative estimate of drug-likeness (QED) is 0.492.